The third-order valence-electron chi connectivity index (χ3n) is 2.60. The normalized spacial score (nSPS) is 14.2. The van der Waals surface area contributed by atoms with Crippen molar-refractivity contribution < 1.29 is 9.47 Å². The Morgan fingerprint density at radius 2 is 2.20 bits per heavy atom. The van der Waals surface area contributed by atoms with Crippen LogP contribution in [-0.4, -0.2) is 20.3 Å². The molecule has 0 fully saturated rings. The molecule has 1 aromatic rings. The zero-order valence-electron chi connectivity index (χ0n) is 9.08. The molecule has 1 heterocycles. The Morgan fingerprint density at radius 3 is 3.07 bits per heavy atom. The smallest absolute Gasteiger partial charge is 0.0725 e. The van der Waals surface area contributed by atoms with E-state index in [-0.39, 0.29) is 0 Å². The lowest BCUT2D eigenvalue weighted by Crippen LogP contribution is -2.18. The first-order chi connectivity index (χ1) is 7.40. The summed E-state index contributed by atoms with van der Waals surface area (Å²) in [6, 6.07) is 6.55. The Balaban J connectivity index is 1.87. The Labute approximate surface area is 90.4 Å². The van der Waals surface area contributed by atoms with Crippen LogP contribution in [0.3, 0.4) is 0 Å². The van der Waals surface area contributed by atoms with E-state index < -0.39 is 0 Å². The van der Waals surface area contributed by atoms with Crippen molar-refractivity contribution in [1.29, 1.82) is 0 Å². The first kappa shape index (κ1) is 10.6. The van der Waals surface area contributed by atoms with Gasteiger partial charge in [0.15, 0.2) is 0 Å². The monoisotopic (exact) mass is 207 g/mol. The fourth-order valence-corrected chi connectivity index (χ4v) is 1.74. The summed E-state index contributed by atoms with van der Waals surface area (Å²) >= 11 is 0. The van der Waals surface area contributed by atoms with Crippen LogP contribution in [0.2, 0.25) is 0 Å². The summed E-state index contributed by atoms with van der Waals surface area (Å²) in [6.07, 6.45) is 0. The number of hydrogen-bond donors (Lipinski definition) is 1. The summed E-state index contributed by atoms with van der Waals surface area (Å²) < 4.78 is 10.3. The third-order valence-corrected chi connectivity index (χ3v) is 2.60. The maximum absolute atomic E-state index is 5.37. The molecule has 1 aromatic carbocycles. The number of benzene rings is 1. The molecule has 2 rings (SSSR count). The summed E-state index contributed by atoms with van der Waals surface area (Å²) in [6.45, 7) is 4.09. The van der Waals surface area contributed by atoms with E-state index in [0.29, 0.717) is 0 Å². The molecule has 1 N–H and O–H groups in total. The summed E-state index contributed by atoms with van der Waals surface area (Å²) in [4.78, 5) is 0. The van der Waals surface area contributed by atoms with Crippen LogP contribution in [0.4, 0.5) is 0 Å². The van der Waals surface area contributed by atoms with Gasteiger partial charge in [-0.05, 0) is 16.7 Å². The van der Waals surface area contributed by atoms with Crippen molar-refractivity contribution in [2.24, 2.45) is 0 Å². The van der Waals surface area contributed by atoms with Gasteiger partial charge in [-0.15, -0.1) is 0 Å². The molecule has 0 unspecified atom stereocenters. The van der Waals surface area contributed by atoms with Gasteiger partial charge in [0.05, 0.1) is 19.8 Å². The number of hydrogen-bond acceptors (Lipinski definition) is 3. The second-order valence-electron chi connectivity index (χ2n) is 3.77. The second kappa shape index (κ2) is 5.26. The minimum Gasteiger partial charge on any atom is -0.383 e. The topological polar surface area (TPSA) is 30.5 Å². The van der Waals surface area contributed by atoms with Crippen LogP contribution in [0.1, 0.15) is 16.7 Å². The van der Waals surface area contributed by atoms with Crippen molar-refractivity contribution in [3.05, 3.63) is 34.9 Å². The lowest BCUT2D eigenvalue weighted by Gasteiger charge is -2.05. The molecule has 0 atom stereocenters. The van der Waals surface area contributed by atoms with E-state index in [1.165, 1.54) is 16.7 Å². The van der Waals surface area contributed by atoms with Crippen molar-refractivity contribution in [1.82, 2.24) is 5.32 Å². The van der Waals surface area contributed by atoms with Crippen LogP contribution in [-0.2, 0) is 29.2 Å². The first-order valence-corrected chi connectivity index (χ1v) is 5.28. The van der Waals surface area contributed by atoms with Crippen LogP contribution in [0.15, 0.2) is 18.2 Å². The largest absolute Gasteiger partial charge is 0.383 e. The van der Waals surface area contributed by atoms with E-state index in [0.717, 1.165) is 32.9 Å². The van der Waals surface area contributed by atoms with Crippen LogP contribution in [0, 0.1) is 0 Å². The zero-order chi connectivity index (χ0) is 10.5. The van der Waals surface area contributed by atoms with Crippen molar-refractivity contribution in [2.45, 2.75) is 19.8 Å². The van der Waals surface area contributed by atoms with Gasteiger partial charge in [0.25, 0.3) is 0 Å². The molecule has 82 valence electrons. The van der Waals surface area contributed by atoms with Gasteiger partial charge in [0, 0.05) is 20.2 Å². The third kappa shape index (κ3) is 2.78. The number of methoxy groups -OCH3 is 1. The Bertz CT molecular complexity index is 325. The number of nitrogens with one attached hydrogen (secondary N) is 1. The highest BCUT2D eigenvalue weighted by atomic mass is 16.5. The molecular formula is C12H17NO2. The highest BCUT2D eigenvalue weighted by Gasteiger charge is 2.10. The SMILES string of the molecule is COCCNCc1ccc2c(c1)COC2. The predicted octanol–water partition coefficient (Wildman–Crippen LogP) is 1.45. The average molecular weight is 207 g/mol. The summed E-state index contributed by atoms with van der Waals surface area (Å²) in [7, 11) is 1.72. The quantitative estimate of drug-likeness (QED) is 0.741. The fraction of sp³-hybridized carbons (Fsp3) is 0.500. The van der Waals surface area contributed by atoms with Gasteiger partial charge in [-0.1, -0.05) is 18.2 Å². The molecule has 0 amide bonds. The molecule has 0 saturated carbocycles. The highest BCUT2D eigenvalue weighted by Crippen LogP contribution is 2.20. The molecule has 0 aromatic heterocycles. The van der Waals surface area contributed by atoms with Crippen LogP contribution in [0.5, 0.6) is 0 Å². The molecule has 0 aliphatic carbocycles. The van der Waals surface area contributed by atoms with Crippen LogP contribution in [0.25, 0.3) is 0 Å². The maximum Gasteiger partial charge on any atom is 0.0725 e. The molecular weight excluding hydrogens is 190 g/mol. The van der Waals surface area contributed by atoms with Gasteiger partial charge >= 0.3 is 0 Å². The van der Waals surface area contributed by atoms with Crippen LogP contribution >= 0.6 is 0 Å². The minimum atomic E-state index is 0.758. The molecule has 15 heavy (non-hydrogen) atoms. The summed E-state index contributed by atoms with van der Waals surface area (Å²) in [5.41, 5.74) is 3.98. The Hall–Kier alpha value is -0.900. The van der Waals surface area contributed by atoms with Crippen molar-refractivity contribution in [3.63, 3.8) is 0 Å². The van der Waals surface area contributed by atoms with Crippen molar-refractivity contribution in [3.8, 4) is 0 Å². The molecule has 1 aliphatic rings. The Morgan fingerprint density at radius 1 is 1.33 bits per heavy atom. The van der Waals surface area contributed by atoms with Gasteiger partial charge < -0.3 is 14.8 Å². The average Bonchev–Trinajstić information content (AvgIpc) is 2.71. The Kier molecular flexibility index (Phi) is 3.72. The first-order valence-electron chi connectivity index (χ1n) is 5.28. The van der Waals surface area contributed by atoms with Gasteiger partial charge in [-0.2, -0.15) is 0 Å². The van der Waals surface area contributed by atoms with E-state index >= 15 is 0 Å². The van der Waals surface area contributed by atoms with Crippen molar-refractivity contribution >= 4 is 0 Å². The summed E-state index contributed by atoms with van der Waals surface area (Å²) in [5, 5.41) is 3.33. The number of rotatable bonds is 5. The van der Waals surface area contributed by atoms with E-state index in [9.17, 15) is 0 Å². The fourth-order valence-electron chi connectivity index (χ4n) is 1.74. The van der Waals surface area contributed by atoms with E-state index in [1.54, 1.807) is 7.11 Å². The van der Waals surface area contributed by atoms with E-state index in [1.807, 2.05) is 0 Å². The van der Waals surface area contributed by atoms with Gasteiger partial charge in [0.1, 0.15) is 0 Å². The zero-order valence-corrected chi connectivity index (χ0v) is 9.08. The van der Waals surface area contributed by atoms with Crippen molar-refractivity contribution in [2.75, 3.05) is 20.3 Å². The molecule has 3 nitrogen and oxygen atoms in total. The lowest BCUT2D eigenvalue weighted by atomic mass is 10.1. The predicted molar refractivity (Wildman–Crippen MR) is 58.5 cm³/mol. The molecule has 0 saturated heterocycles. The molecule has 0 bridgehead atoms. The van der Waals surface area contributed by atoms with E-state index in [4.69, 9.17) is 9.47 Å². The molecule has 0 radical (unpaired) electrons. The minimum absolute atomic E-state index is 0.758. The molecule has 0 spiro atoms. The second-order valence-corrected chi connectivity index (χ2v) is 3.77. The number of fused-ring (bicyclic) bond motifs is 1. The van der Waals surface area contributed by atoms with Gasteiger partial charge in [0.2, 0.25) is 0 Å². The highest BCUT2D eigenvalue weighted by molar-refractivity contribution is 5.33. The molecule has 3 heteroatoms. The standard InChI is InChI=1S/C12H17NO2/c1-14-5-4-13-7-10-2-3-11-8-15-9-12(11)6-10/h2-3,6,13H,4-5,7-9H2,1H3. The number of ether oxygens (including phenoxy) is 2. The maximum atomic E-state index is 5.37. The summed E-state index contributed by atoms with van der Waals surface area (Å²) in [5.74, 6) is 0. The molecule has 1 aliphatic heterocycles. The van der Waals surface area contributed by atoms with Gasteiger partial charge in [-0.25, -0.2) is 0 Å². The lowest BCUT2D eigenvalue weighted by molar-refractivity contribution is 0.134. The van der Waals surface area contributed by atoms with Crippen LogP contribution < -0.4 is 5.32 Å². The van der Waals surface area contributed by atoms with E-state index in [2.05, 4.69) is 23.5 Å². The van der Waals surface area contributed by atoms with Gasteiger partial charge in [-0.3, -0.25) is 0 Å².